The fourth-order valence-electron chi connectivity index (χ4n) is 2.77. The summed E-state index contributed by atoms with van der Waals surface area (Å²) < 4.78 is 49.8. The number of thioether (sulfide) groups is 1. The number of rotatable bonds is 7. The van der Waals surface area contributed by atoms with Gasteiger partial charge >= 0.3 is 6.18 Å². The Balaban J connectivity index is 1.83. The first-order valence-electron chi connectivity index (χ1n) is 8.84. The van der Waals surface area contributed by atoms with Gasteiger partial charge in [0.05, 0.1) is 21.9 Å². The molecule has 152 valence electrons. The van der Waals surface area contributed by atoms with Crippen molar-refractivity contribution in [3.8, 4) is 0 Å². The molecule has 0 aliphatic heterocycles. The minimum atomic E-state index is -4.39. The number of hydrogen-bond donors (Lipinski definition) is 0. The van der Waals surface area contributed by atoms with Gasteiger partial charge in [-0.15, -0.1) is 11.8 Å². The highest BCUT2D eigenvalue weighted by atomic mass is 32.2. The summed E-state index contributed by atoms with van der Waals surface area (Å²) in [5.74, 6) is 0.597. The van der Waals surface area contributed by atoms with Crippen LogP contribution in [0.5, 0.6) is 0 Å². The summed E-state index contributed by atoms with van der Waals surface area (Å²) in [6, 6.07) is 15.0. The van der Waals surface area contributed by atoms with Gasteiger partial charge in [0.25, 0.3) is 0 Å². The molecule has 3 rings (SSSR count). The SMILES string of the molecule is COC(CSc1ccc2ccc(C=Cc3ccccc3C(F)(F)F)cc2n1)OC. The fourth-order valence-corrected chi connectivity index (χ4v) is 3.68. The maximum absolute atomic E-state index is 13.1. The van der Waals surface area contributed by atoms with Crippen LogP contribution in [0.4, 0.5) is 13.2 Å². The lowest BCUT2D eigenvalue weighted by atomic mass is 10.0. The number of nitrogens with zero attached hydrogens (tertiary/aromatic N) is 1. The minimum Gasteiger partial charge on any atom is -0.355 e. The number of ether oxygens (including phenoxy) is 2. The van der Waals surface area contributed by atoms with E-state index < -0.39 is 11.7 Å². The van der Waals surface area contributed by atoms with Crippen LogP contribution in [-0.2, 0) is 15.7 Å². The molecule has 2 aromatic carbocycles. The quantitative estimate of drug-likeness (QED) is 0.262. The van der Waals surface area contributed by atoms with Gasteiger partial charge in [-0.25, -0.2) is 4.98 Å². The van der Waals surface area contributed by atoms with Crippen LogP contribution >= 0.6 is 11.8 Å². The molecule has 0 unspecified atom stereocenters. The summed E-state index contributed by atoms with van der Waals surface area (Å²) in [6.45, 7) is 0. The third-order valence-corrected chi connectivity index (χ3v) is 5.27. The molecule has 3 nitrogen and oxygen atoms in total. The summed E-state index contributed by atoms with van der Waals surface area (Å²) in [6.07, 6.45) is -1.57. The van der Waals surface area contributed by atoms with Crippen LogP contribution in [0.25, 0.3) is 23.1 Å². The number of halogens is 3. The summed E-state index contributed by atoms with van der Waals surface area (Å²) >= 11 is 1.51. The van der Waals surface area contributed by atoms with E-state index in [9.17, 15) is 13.2 Å². The molecule has 0 aliphatic rings. The van der Waals surface area contributed by atoms with Crippen LogP contribution in [0.1, 0.15) is 16.7 Å². The van der Waals surface area contributed by atoms with Gasteiger partial charge in [0.15, 0.2) is 6.29 Å². The molecule has 0 amide bonds. The molecule has 0 aliphatic carbocycles. The third-order valence-electron chi connectivity index (χ3n) is 4.31. The molecule has 0 saturated heterocycles. The second-order valence-electron chi connectivity index (χ2n) is 6.23. The zero-order chi connectivity index (χ0) is 20.9. The zero-order valence-corrected chi connectivity index (χ0v) is 16.8. The number of aromatic nitrogens is 1. The Kier molecular flexibility index (Phi) is 6.95. The Bertz CT molecular complexity index is 1000. The van der Waals surface area contributed by atoms with Crippen molar-refractivity contribution >= 4 is 34.8 Å². The van der Waals surface area contributed by atoms with E-state index in [2.05, 4.69) is 4.98 Å². The highest BCUT2D eigenvalue weighted by molar-refractivity contribution is 7.99. The van der Waals surface area contributed by atoms with Crippen LogP contribution < -0.4 is 0 Å². The minimum absolute atomic E-state index is 0.127. The monoisotopic (exact) mass is 419 g/mol. The number of fused-ring (bicyclic) bond motifs is 1. The van der Waals surface area contributed by atoms with Gasteiger partial charge < -0.3 is 9.47 Å². The number of methoxy groups -OCH3 is 2. The molecule has 0 saturated carbocycles. The van der Waals surface area contributed by atoms with Crippen molar-refractivity contribution in [2.24, 2.45) is 0 Å². The van der Waals surface area contributed by atoms with Crippen molar-refractivity contribution in [3.05, 3.63) is 71.3 Å². The summed E-state index contributed by atoms with van der Waals surface area (Å²) in [5.41, 5.74) is 1.02. The molecule has 0 bridgehead atoms. The van der Waals surface area contributed by atoms with Crippen molar-refractivity contribution in [2.75, 3.05) is 20.0 Å². The van der Waals surface area contributed by atoms with Crippen molar-refractivity contribution in [1.82, 2.24) is 4.98 Å². The van der Waals surface area contributed by atoms with E-state index in [1.54, 1.807) is 26.4 Å². The first kappa shape index (κ1) is 21.4. The zero-order valence-electron chi connectivity index (χ0n) is 15.9. The molecular weight excluding hydrogens is 399 g/mol. The maximum atomic E-state index is 13.1. The van der Waals surface area contributed by atoms with Gasteiger partial charge in [0.2, 0.25) is 0 Å². The molecule has 29 heavy (non-hydrogen) atoms. The van der Waals surface area contributed by atoms with Gasteiger partial charge in [0.1, 0.15) is 0 Å². The average molecular weight is 419 g/mol. The largest absolute Gasteiger partial charge is 0.416 e. The highest BCUT2D eigenvalue weighted by Crippen LogP contribution is 2.32. The van der Waals surface area contributed by atoms with E-state index in [0.717, 1.165) is 27.6 Å². The highest BCUT2D eigenvalue weighted by Gasteiger charge is 2.32. The topological polar surface area (TPSA) is 31.4 Å². The molecule has 0 fully saturated rings. The van der Waals surface area contributed by atoms with Crippen LogP contribution in [0.3, 0.4) is 0 Å². The number of alkyl halides is 3. The van der Waals surface area contributed by atoms with Crippen molar-refractivity contribution < 1.29 is 22.6 Å². The number of pyridine rings is 1. The van der Waals surface area contributed by atoms with Gasteiger partial charge in [-0.1, -0.05) is 48.6 Å². The van der Waals surface area contributed by atoms with Gasteiger partial charge in [-0.3, -0.25) is 0 Å². The normalized spacial score (nSPS) is 12.3. The number of benzene rings is 2. The van der Waals surface area contributed by atoms with Crippen LogP contribution in [0, 0.1) is 0 Å². The number of hydrogen-bond acceptors (Lipinski definition) is 4. The first-order valence-corrected chi connectivity index (χ1v) is 9.83. The Morgan fingerprint density at radius 1 is 1.00 bits per heavy atom. The fraction of sp³-hybridized carbons (Fsp3) is 0.227. The Morgan fingerprint density at radius 3 is 2.45 bits per heavy atom. The van der Waals surface area contributed by atoms with E-state index >= 15 is 0 Å². The lowest BCUT2D eigenvalue weighted by molar-refractivity contribution is -0.137. The molecule has 0 N–H and O–H groups in total. The molecule has 0 radical (unpaired) electrons. The molecular formula is C22H20F3NO2S. The molecule has 1 aromatic heterocycles. The molecule has 0 atom stereocenters. The molecule has 7 heteroatoms. The molecule has 1 heterocycles. The maximum Gasteiger partial charge on any atom is 0.416 e. The van der Waals surface area contributed by atoms with E-state index in [-0.39, 0.29) is 11.9 Å². The first-order chi connectivity index (χ1) is 13.9. The predicted octanol–water partition coefficient (Wildman–Crippen LogP) is 6.14. The van der Waals surface area contributed by atoms with Crippen molar-refractivity contribution in [2.45, 2.75) is 17.5 Å². The van der Waals surface area contributed by atoms with E-state index in [1.807, 2.05) is 30.3 Å². The van der Waals surface area contributed by atoms with Crippen molar-refractivity contribution in [1.29, 1.82) is 0 Å². The van der Waals surface area contributed by atoms with Crippen molar-refractivity contribution in [3.63, 3.8) is 0 Å². The third kappa shape index (κ3) is 5.59. The van der Waals surface area contributed by atoms with Crippen LogP contribution in [-0.4, -0.2) is 31.2 Å². The lowest BCUT2D eigenvalue weighted by Gasteiger charge is -2.12. The average Bonchev–Trinajstić information content (AvgIpc) is 2.72. The molecule has 3 aromatic rings. The summed E-state index contributed by atoms with van der Waals surface area (Å²) in [7, 11) is 3.16. The second kappa shape index (κ2) is 9.43. The van der Waals surface area contributed by atoms with Crippen LogP contribution in [0.2, 0.25) is 0 Å². The van der Waals surface area contributed by atoms with Gasteiger partial charge in [0, 0.05) is 19.6 Å². The Hall–Kier alpha value is -2.35. The van der Waals surface area contributed by atoms with Gasteiger partial charge in [-0.2, -0.15) is 13.2 Å². The Morgan fingerprint density at radius 2 is 1.72 bits per heavy atom. The van der Waals surface area contributed by atoms with E-state index in [0.29, 0.717) is 5.75 Å². The smallest absolute Gasteiger partial charge is 0.355 e. The van der Waals surface area contributed by atoms with Crippen LogP contribution in [0.15, 0.2) is 59.6 Å². The van der Waals surface area contributed by atoms with Gasteiger partial charge in [-0.05, 0) is 29.3 Å². The van der Waals surface area contributed by atoms with E-state index in [4.69, 9.17) is 9.47 Å². The second-order valence-corrected chi connectivity index (χ2v) is 7.27. The lowest BCUT2D eigenvalue weighted by Crippen LogP contribution is -2.15. The summed E-state index contributed by atoms with van der Waals surface area (Å²) in [5, 5.41) is 1.78. The van der Waals surface area contributed by atoms with E-state index in [1.165, 1.54) is 30.0 Å². The Labute approximate surface area is 171 Å². The predicted molar refractivity (Wildman–Crippen MR) is 111 cm³/mol. The summed E-state index contributed by atoms with van der Waals surface area (Å²) in [4.78, 5) is 4.63. The molecule has 0 spiro atoms. The standard InChI is InChI=1S/C22H20F3NO2S/c1-27-21(28-2)14-29-20-12-11-17-10-8-15(13-19(17)26-20)7-9-16-5-3-4-6-18(16)22(23,24)25/h3-13,21H,14H2,1-2H3.